The van der Waals surface area contributed by atoms with Crippen molar-refractivity contribution in [3.63, 3.8) is 0 Å². The Labute approximate surface area is 209 Å². The van der Waals surface area contributed by atoms with Gasteiger partial charge in [-0.3, -0.25) is 4.79 Å². The van der Waals surface area contributed by atoms with E-state index in [4.69, 9.17) is 4.74 Å². The van der Waals surface area contributed by atoms with Gasteiger partial charge in [0.25, 0.3) is 21.8 Å². The Balaban J connectivity index is 1.48. The molecule has 1 aliphatic rings. The largest absolute Gasteiger partial charge is 0.478 e. The smallest absolute Gasteiger partial charge is 0.276 e. The van der Waals surface area contributed by atoms with Crippen molar-refractivity contribution in [1.29, 1.82) is 0 Å². The van der Waals surface area contributed by atoms with Crippen molar-refractivity contribution in [2.24, 2.45) is 5.10 Å². The Bertz CT molecular complexity index is 1420. The number of hydrogen-bond donors (Lipinski definition) is 1. The minimum Gasteiger partial charge on any atom is -0.478 e. The number of methoxy groups -OCH3 is 1. The van der Waals surface area contributed by atoms with Crippen molar-refractivity contribution < 1.29 is 23.1 Å². The van der Waals surface area contributed by atoms with Gasteiger partial charge >= 0.3 is 0 Å². The van der Waals surface area contributed by atoms with Crippen LogP contribution in [0.2, 0.25) is 0 Å². The number of benzene rings is 2. The number of carbonyl (C=O) groups excluding carboxylic acids is 1. The van der Waals surface area contributed by atoms with Crippen LogP contribution in [0.25, 0.3) is 0 Å². The summed E-state index contributed by atoms with van der Waals surface area (Å²) in [6.07, 6.45) is 3.78. The minimum absolute atomic E-state index is 0.0763. The lowest BCUT2D eigenvalue weighted by Crippen LogP contribution is -2.33. The maximum absolute atomic E-state index is 13.1. The van der Waals surface area contributed by atoms with E-state index in [0.717, 1.165) is 14.9 Å². The summed E-state index contributed by atoms with van der Waals surface area (Å²) in [6.45, 7) is 1.72. The van der Waals surface area contributed by atoms with Gasteiger partial charge in [-0.2, -0.15) is 10.1 Å². The molecule has 2 heterocycles. The molecule has 10 nitrogen and oxygen atoms in total. The van der Waals surface area contributed by atoms with Crippen LogP contribution >= 0.6 is 0 Å². The Hall–Kier alpha value is -4.09. The summed E-state index contributed by atoms with van der Waals surface area (Å²) in [7, 11) is -1.13. The number of anilines is 1. The van der Waals surface area contributed by atoms with Gasteiger partial charge < -0.3 is 9.84 Å². The molecule has 4 rings (SSSR count). The lowest BCUT2D eigenvalue weighted by atomic mass is 10.1. The topological polar surface area (TPSA) is 125 Å². The minimum atomic E-state index is -3.90. The Morgan fingerprint density at radius 2 is 1.78 bits per heavy atom. The van der Waals surface area contributed by atoms with Gasteiger partial charge in [-0.25, -0.2) is 22.7 Å². The molecule has 0 aliphatic carbocycles. The third-order valence-electron chi connectivity index (χ3n) is 5.69. The van der Waals surface area contributed by atoms with Crippen LogP contribution in [0.1, 0.15) is 22.8 Å². The van der Waals surface area contributed by atoms with Gasteiger partial charge in [-0.1, -0.05) is 36.4 Å². The van der Waals surface area contributed by atoms with Gasteiger partial charge in [-0.15, -0.1) is 0 Å². The summed E-state index contributed by atoms with van der Waals surface area (Å²) in [4.78, 5) is 20.9. The van der Waals surface area contributed by atoms with Gasteiger partial charge in [-0.05, 0) is 43.2 Å². The number of carbonyl (C=O) groups is 1. The van der Waals surface area contributed by atoms with Crippen molar-refractivity contribution in [3.8, 4) is 5.88 Å². The molecule has 1 aromatic heterocycles. The van der Waals surface area contributed by atoms with Crippen molar-refractivity contribution in [2.45, 2.75) is 24.5 Å². The van der Waals surface area contributed by atoms with E-state index in [2.05, 4.69) is 15.1 Å². The van der Waals surface area contributed by atoms with Crippen LogP contribution in [0.4, 0.5) is 5.82 Å². The Morgan fingerprint density at radius 1 is 1.11 bits per heavy atom. The number of aromatic nitrogens is 2. The standard InChI is InChI=1S/C25H25N5O5S/c1-17-21(25(32)30(28-17)24(31)19-7-5-4-6-8-19)14-11-18-9-12-20(13-10-18)36(33,34)29(2)22-23(35-3)27-16-15-26-22/h4-10,12-16,25,32H,11H2,1-3H3. The van der Waals surface area contributed by atoms with E-state index in [0.29, 0.717) is 23.3 Å². The first-order chi connectivity index (χ1) is 17.2. The van der Waals surface area contributed by atoms with Gasteiger partial charge in [0.05, 0.1) is 17.7 Å². The molecular weight excluding hydrogens is 482 g/mol. The Kier molecular flexibility index (Phi) is 7.13. The molecule has 0 radical (unpaired) electrons. The fraction of sp³-hybridized carbons (Fsp3) is 0.200. The highest BCUT2D eigenvalue weighted by atomic mass is 32.2. The molecule has 1 unspecified atom stereocenters. The number of nitrogens with zero attached hydrogens (tertiary/aromatic N) is 5. The number of allylic oxidation sites excluding steroid dienone is 1. The second-order valence-corrected chi connectivity index (χ2v) is 9.91. The zero-order valence-corrected chi connectivity index (χ0v) is 20.8. The molecule has 186 valence electrons. The van der Waals surface area contributed by atoms with Crippen molar-refractivity contribution in [3.05, 3.63) is 89.8 Å². The predicted molar refractivity (Wildman–Crippen MR) is 134 cm³/mol. The fourth-order valence-corrected chi connectivity index (χ4v) is 4.84. The summed E-state index contributed by atoms with van der Waals surface area (Å²) < 4.78 is 32.3. The molecule has 0 fully saturated rings. The summed E-state index contributed by atoms with van der Waals surface area (Å²) in [5.41, 5.74) is 2.29. The highest BCUT2D eigenvalue weighted by Gasteiger charge is 2.33. The van der Waals surface area contributed by atoms with E-state index in [-0.39, 0.29) is 16.6 Å². The number of ether oxygens (including phenoxy) is 1. The molecule has 1 N–H and O–H groups in total. The van der Waals surface area contributed by atoms with Crippen LogP contribution in [0.3, 0.4) is 0 Å². The average molecular weight is 508 g/mol. The molecule has 3 aromatic rings. The molecule has 0 bridgehead atoms. The van der Waals surface area contributed by atoms with Crippen molar-refractivity contribution in [1.82, 2.24) is 15.0 Å². The highest BCUT2D eigenvalue weighted by molar-refractivity contribution is 7.92. The molecule has 1 amide bonds. The molecule has 0 spiro atoms. The molecule has 1 atom stereocenters. The normalized spacial score (nSPS) is 16.7. The van der Waals surface area contributed by atoms with Crippen LogP contribution in [-0.4, -0.2) is 60.5 Å². The maximum atomic E-state index is 13.1. The predicted octanol–water partition coefficient (Wildman–Crippen LogP) is 2.63. The monoisotopic (exact) mass is 507 g/mol. The summed E-state index contributed by atoms with van der Waals surface area (Å²) in [6, 6.07) is 15.0. The van der Waals surface area contributed by atoms with Gasteiger partial charge in [0.15, 0.2) is 6.23 Å². The molecule has 11 heteroatoms. The first-order valence-corrected chi connectivity index (χ1v) is 12.4. The number of hydrazone groups is 1. The fourth-order valence-electron chi connectivity index (χ4n) is 3.69. The molecular formula is C25H25N5O5S. The number of amides is 1. The van der Waals surface area contributed by atoms with E-state index in [9.17, 15) is 18.3 Å². The van der Waals surface area contributed by atoms with Gasteiger partial charge in [0.1, 0.15) is 0 Å². The molecule has 1 aliphatic heterocycles. The van der Waals surface area contributed by atoms with E-state index >= 15 is 0 Å². The molecule has 36 heavy (non-hydrogen) atoms. The molecule has 0 saturated carbocycles. The number of sulfonamides is 1. The third kappa shape index (κ3) is 4.83. The first kappa shape index (κ1) is 25.0. The van der Waals surface area contributed by atoms with Crippen LogP contribution in [-0.2, 0) is 16.4 Å². The van der Waals surface area contributed by atoms with Crippen LogP contribution in [0.5, 0.6) is 5.88 Å². The number of rotatable bonds is 7. The number of aliphatic hydroxyl groups excluding tert-OH is 1. The van der Waals surface area contributed by atoms with Crippen molar-refractivity contribution >= 4 is 27.5 Å². The highest BCUT2D eigenvalue weighted by Crippen LogP contribution is 2.27. The SMILES string of the molecule is COc1nccnc1N(C)S(=O)(=O)c1ccc(CC=C2C(C)=NN(C(=O)c3ccccc3)C2O)cc1. The lowest BCUT2D eigenvalue weighted by Gasteiger charge is -2.19. The first-order valence-electron chi connectivity index (χ1n) is 11.0. The number of aliphatic hydroxyl groups is 1. The summed E-state index contributed by atoms with van der Waals surface area (Å²) >= 11 is 0. The second-order valence-electron chi connectivity index (χ2n) is 7.94. The molecule has 2 aromatic carbocycles. The van der Waals surface area contributed by atoms with Gasteiger partial charge in [0, 0.05) is 30.6 Å². The van der Waals surface area contributed by atoms with E-state index < -0.39 is 22.2 Å². The van der Waals surface area contributed by atoms with E-state index in [1.807, 2.05) is 0 Å². The quantitative estimate of drug-likeness (QED) is 0.521. The van der Waals surface area contributed by atoms with Crippen LogP contribution in [0, 0.1) is 0 Å². The third-order valence-corrected chi connectivity index (χ3v) is 7.45. The zero-order valence-electron chi connectivity index (χ0n) is 19.9. The lowest BCUT2D eigenvalue weighted by molar-refractivity contribution is 0.0344. The van der Waals surface area contributed by atoms with E-state index in [1.165, 1.54) is 38.7 Å². The average Bonchev–Trinajstić information content (AvgIpc) is 3.19. The van der Waals surface area contributed by atoms with Crippen LogP contribution < -0.4 is 9.04 Å². The molecule has 0 saturated heterocycles. The Morgan fingerprint density at radius 3 is 2.44 bits per heavy atom. The van der Waals surface area contributed by atoms with Crippen molar-refractivity contribution in [2.75, 3.05) is 18.5 Å². The van der Waals surface area contributed by atoms with Crippen LogP contribution in [0.15, 0.2) is 88.6 Å². The van der Waals surface area contributed by atoms with E-state index in [1.54, 1.807) is 55.5 Å². The zero-order chi connectivity index (χ0) is 25.9. The summed E-state index contributed by atoms with van der Waals surface area (Å²) in [5.74, 6) is -0.226. The number of hydrogen-bond acceptors (Lipinski definition) is 8. The maximum Gasteiger partial charge on any atom is 0.276 e. The second kappa shape index (κ2) is 10.3. The summed E-state index contributed by atoms with van der Waals surface area (Å²) in [5, 5.41) is 16.0. The van der Waals surface area contributed by atoms with Gasteiger partial charge in [0.2, 0.25) is 5.82 Å².